The molecule has 1 saturated heterocycles. The minimum atomic E-state index is -0.599. The molecule has 0 radical (unpaired) electrons. The summed E-state index contributed by atoms with van der Waals surface area (Å²) in [6, 6.07) is 0. The van der Waals surface area contributed by atoms with Gasteiger partial charge in [-0.15, -0.1) is 0 Å². The van der Waals surface area contributed by atoms with E-state index in [0.29, 0.717) is 13.0 Å². The maximum Gasteiger partial charge on any atom is 0.416 e. The number of esters is 1. The Morgan fingerprint density at radius 1 is 1.47 bits per heavy atom. The molecule has 1 heterocycles. The molecule has 0 aromatic carbocycles. The van der Waals surface area contributed by atoms with Gasteiger partial charge in [-0.25, -0.2) is 9.69 Å². The van der Waals surface area contributed by atoms with Crippen molar-refractivity contribution in [2.45, 2.75) is 19.3 Å². The van der Waals surface area contributed by atoms with E-state index in [4.69, 9.17) is 0 Å². The molecule has 15 heavy (non-hydrogen) atoms. The van der Waals surface area contributed by atoms with Crippen molar-refractivity contribution in [1.29, 1.82) is 0 Å². The monoisotopic (exact) mass is 215 g/mol. The Kier molecular flexibility index (Phi) is 4.08. The lowest BCUT2D eigenvalue weighted by Gasteiger charge is -2.09. The van der Waals surface area contributed by atoms with Gasteiger partial charge in [-0.2, -0.15) is 0 Å². The molecule has 2 amide bonds. The van der Waals surface area contributed by atoms with Crippen LogP contribution in [-0.4, -0.2) is 43.1 Å². The van der Waals surface area contributed by atoms with E-state index < -0.39 is 6.09 Å². The van der Waals surface area contributed by atoms with E-state index in [1.807, 2.05) is 0 Å². The van der Waals surface area contributed by atoms with Gasteiger partial charge in [-0.3, -0.25) is 9.59 Å². The van der Waals surface area contributed by atoms with Crippen molar-refractivity contribution in [2.75, 3.05) is 20.3 Å². The zero-order valence-corrected chi connectivity index (χ0v) is 8.52. The molecule has 0 N–H and O–H groups in total. The maximum atomic E-state index is 11.4. The maximum absolute atomic E-state index is 11.4. The number of hydrogen-bond acceptors (Lipinski definition) is 5. The Labute approximate surface area is 87.1 Å². The summed E-state index contributed by atoms with van der Waals surface area (Å²) in [5, 5.41) is 0. The summed E-state index contributed by atoms with van der Waals surface area (Å²) in [5.41, 5.74) is 0. The summed E-state index contributed by atoms with van der Waals surface area (Å²) < 4.78 is 9.03. The Morgan fingerprint density at radius 2 is 2.20 bits per heavy atom. The van der Waals surface area contributed by atoms with Gasteiger partial charge in [0.25, 0.3) is 0 Å². The van der Waals surface area contributed by atoms with Crippen LogP contribution in [0.2, 0.25) is 0 Å². The summed E-state index contributed by atoms with van der Waals surface area (Å²) >= 11 is 0. The third kappa shape index (κ3) is 3.23. The fourth-order valence-corrected chi connectivity index (χ4v) is 1.24. The molecule has 0 aromatic rings. The van der Waals surface area contributed by atoms with Crippen LogP contribution in [0.1, 0.15) is 19.3 Å². The number of methoxy groups -OCH3 is 1. The van der Waals surface area contributed by atoms with Crippen molar-refractivity contribution < 1.29 is 23.9 Å². The van der Waals surface area contributed by atoms with E-state index in [0.717, 1.165) is 4.90 Å². The zero-order chi connectivity index (χ0) is 11.3. The fourth-order valence-electron chi connectivity index (χ4n) is 1.24. The van der Waals surface area contributed by atoms with Gasteiger partial charge in [0.15, 0.2) is 0 Å². The SMILES string of the molecule is COC(=O)CCCC(=O)N1CCOC1=O. The van der Waals surface area contributed by atoms with Crippen LogP contribution >= 0.6 is 0 Å². The van der Waals surface area contributed by atoms with Gasteiger partial charge >= 0.3 is 12.1 Å². The minimum absolute atomic E-state index is 0.157. The molecule has 0 spiro atoms. The molecule has 1 aliphatic heterocycles. The largest absolute Gasteiger partial charge is 0.469 e. The van der Waals surface area contributed by atoms with Crippen molar-refractivity contribution >= 4 is 18.0 Å². The van der Waals surface area contributed by atoms with E-state index in [9.17, 15) is 14.4 Å². The number of imide groups is 1. The van der Waals surface area contributed by atoms with Gasteiger partial charge < -0.3 is 9.47 Å². The molecule has 0 aromatic heterocycles. The molecule has 0 saturated carbocycles. The number of amides is 2. The molecule has 84 valence electrons. The number of carbonyl (C=O) groups excluding carboxylic acids is 3. The first-order chi connectivity index (χ1) is 7.15. The second-order valence-corrected chi connectivity index (χ2v) is 3.09. The van der Waals surface area contributed by atoms with Crippen LogP contribution in [0.5, 0.6) is 0 Å². The number of nitrogens with zero attached hydrogens (tertiary/aromatic N) is 1. The zero-order valence-electron chi connectivity index (χ0n) is 8.52. The summed E-state index contributed by atoms with van der Waals surface area (Å²) in [5.74, 6) is -0.659. The van der Waals surface area contributed by atoms with Crippen molar-refractivity contribution in [3.8, 4) is 0 Å². The lowest BCUT2D eigenvalue weighted by atomic mass is 10.2. The smallest absolute Gasteiger partial charge is 0.416 e. The van der Waals surface area contributed by atoms with Gasteiger partial charge in [0.1, 0.15) is 6.61 Å². The molecule has 1 fully saturated rings. The lowest BCUT2D eigenvalue weighted by Crippen LogP contribution is -2.31. The predicted octanol–water partition coefficient (Wildman–Crippen LogP) is 0.308. The lowest BCUT2D eigenvalue weighted by molar-refractivity contribution is -0.140. The molecule has 0 aliphatic carbocycles. The van der Waals surface area contributed by atoms with Crippen molar-refractivity contribution in [3.63, 3.8) is 0 Å². The highest BCUT2D eigenvalue weighted by Crippen LogP contribution is 2.08. The van der Waals surface area contributed by atoms with Crippen LogP contribution in [0.3, 0.4) is 0 Å². The Bertz CT molecular complexity index is 276. The third-order valence-electron chi connectivity index (χ3n) is 2.06. The fraction of sp³-hybridized carbons (Fsp3) is 0.667. The second-order valence-electron chi connectivity index (χ2n) is 3.09. The quantitative estimate of drug-likeness (QED) is 0.631. The van der Waals surface area contributed by atoms with Crippen LogP contribution in [-0.2, 0) is 19.1 Å². The van der Waals surface area contributed by atoms with E-state index in [1.165, 1.54) is 7.11 Å². The van der Waals surface area contributed by atoms with E-state index in [-0.39, 0.29) is 31.3 Å². The van der Waals surface area contributed by atoms with E-state index in [2.05, 4.69) is 9.47 Å². The molecule has 0 bridgehead atoms. The van der Waals surface area contributed by atoms with Crippen LogP contribution in [0.4, 0.5) is 4.79 Å². The molecule has 0 unspecified atom stereocenters. The minimum Gasteiger partial charge on any atom is -0.469 e. The average molecular weight is 215 g/mol. The molecule has 6 nitrogen and oxygen atoms in total. The normalized spacial score (nSPS) is 15.0. The summed E-state index contributed by atoms with van der Waals surface area (Å²) in [6.07, 6.45) is 0.128. The Hall–Kier alpha value is -1.59. The van der Waals surface area contributed by atoms with Gasteiger partial charge in [-0.05, 0) is 6.42 Å². The highest BCUT2D eigenvalue weighted by atomic mass is 16.6. The van der Waals surface area contributed by atoms with Crippen LogP contribution in [0.15, 0.2) is 0 Å². The van der Waals surface area contributed by atoms with Crippen molar-refractivity contribution in [3.05, 3.63) is 0 Å². The van der Waals surface area contributed by atoms with Gasteiger partial charge in [0, 0.05) is 12.8 Å². The topological polar surface area (TPSA) is 72.9 Å². The summed E-state index contributed by atoms with van der Waals surface area (Å²) in [4.78, 5) is 34.2. The highest BCUT2D eigenvalue weighted by molar-refractivity contribution is 5.93. The average Bonchev–Trinajstić information content (AvgIpc) is 2.64. The molecule has 0 atom stereocenters. The van der Waals surface area contributed by atoms with E-state index in [1.54, 1.807) is 0 Å². The van der Waals surface area contributed by atoms with E-state index >= 15 is 0 Å². The number of cyclic esters (lactones) is 1. The standard InChI is InChI=1S/C9H13NO5/c1-14-8(12)4-2-3-7(11)10-5-6-15-9(10)13/h2-6H2,1H3. The van der Waals surface area contributed by atoms with Gasteiger partial charge in [-0.1, -0.05) is 0 Å². The predicted molar refractivity (Wildman–Crippen MR) is 48.9 cm³/mol. The Balaban J connectivity index is 2.24. The van der Waals surface area contributed by atoms with Crippen LogP contribution in [0, 0.1) is 0 Å². The number of hydrogen-bond donors (Lipinski definition) is 0. The third-order valence-corrected chi connectivity index (χ3v) is 2.06. The van der Waals surface area contributed by atoms with Crippen molar-refractivity contribution in [2.24, 2.45) is 0 Å². The highest BCUT2D eigenvalue weighted by Gasteiger charge is 2.27. The number of carbonyl (C=O) groups is 3. The Morgan fingerprint density at radius 3 is 2.73 bits per heavy atom. The first kappa shape index (κ1) is 11.5. The molecule has 1 rings (SSSR count). The van der Waals surface area contributed by atoms with Gasteiger partial charge in [0.05, 0.1) is 13.7 Å². The van der Waals surface area contributed by atoms with Crippen molar-refractivity contribution in [1.82, 2.24) is 4.90 Å². The first-order valence-electron chi connectivity index (χ1n) is 4.69. The first-order valence-corrected chi connectivity index (χ1v) is 4.69. The number of rotatable bonds is 4. The number of ether oxygens (including phenoxy) is 2. The molecular weight excluding hydrogens is 202 g/mol. The van der Waals surface area contributed by atoms with Gasteiger partial charge in [0.2, 0.25) is 5.91 Å². The van der Waals surface area contributed by atoms with Crippen LogP contribution < -0.4 is 0 Å². The molecule has 1 aliphatic rings. The summed E-state index contributed by atoms with van der Waals surface area (Å²) in [7, 11) is 1.29. The van der Waals surface area contributed by atoms with Crippen LogP contribution in [0.25, 0.3) is 0 Å². The second kappa shape index (κ2) is 5.33. The molecule has 6 heteroatoms. The summed E-state index contributed by atoms with van der Waals surface area (Å²) in [6.45, 7) is 0.553. The molecular formula is C9H13NO5.